The Hall–Kier alpha value is -1.37. The van der Waals surface area contributed by atoms with Crippen LogP contribution in [0.4, 0.5) is 0 Å². The topological polar surface area (TPSA) is 80.5 Å². The van der Waals surface area contributed by atoms with Crippen molar-refractivity contribution in [3.8, 4) is 0 Å². The second kappa shape index (κ2) is 5.73. The minimum absolute atomic E-state index is 0.613. The van der Waals surface area contributed by atoms with Crippen molar-refractivity contribution in [3.05, 3.63) is 17.5 Å². The van der Waals surface area contributed by atoms with Crippen LogP contribution in [0.5, 0.6) is 0 Å². The number of nitrogens with one attached hydrogen (secondary N) is 1. The molecule has 0 aliphatic heterocycles. The van der Waals surface area contributed by atoms with E-state index in [1.165, 1.54) is 37.4 Å². The molecule has 1 N–H and O–H groups in total. The van der Waals surface area contributed by atoms with Crippen LogP contribution in [0.3, 0.4) is 0 Å². The lowest BCUT2D eigenvalue weighted by atomic mass is 10.0. The van der Waals surface area contributed by atoms with Gasteiger partial charge >= 0.3 is 0 Å². The van der Waals surface area contributed by atoms with E-state index in [0.29, 0.717) is 17.5 Å². The largest absolute Gasteiger partial charge is 0.338 e. The average molecular weight is 279 g/mol. The van der Waals surface area contributed by atoms with Gasteiger partial charge in [0.25, 0.3) is 0 Å². The van der Waals surface area contributed by atoms with Gasteiger partial charge in [-0.25, -0.2) is 4.98 Å². The summed E-state index contributed by atoms with van der Waals surface area (Å²) < 4.78 is 5.05. The Bertz CT molecular complexity index is 532. The number of hydrogen-bond acceptors (Lipinski definition) is 6. The number of H-pyrrole nitrogens is 1. The maximum atomic E-state index is 5.05. The van der Waals surface area contributed by atoms with Crippen molar-refractivity contribution >= 4 is 11.8 Å². The molecule has 19 heavy (non-hydrogen) atoms. The molecule has 2 aromatic rings. The van der Waals surface area contributed by atoms with Crippen LogP contribution in [-0.4, -0.2) is 25.3 Å². The van der Waals surface area contributed by atoms with Crippen molar-refractivity contribution in [2.45, 2.75) is 49.9 Å². The number of aryl methyl sites for hydroxylation is 1. The lowest BCUT2D eigenvalue weighted by Crippen LogP contribution is -2.00. The summed E-state index contributed by atoms with van der Waals surface area (Å²) in [5, 5.41) is 11.8. The standard InChI is InChI=1S/C12H17N5OS/c1-8-13-11(18-17-8)7-19-12-14-10(15-16-12)6-9-4-2-3-5-9/h9H,2-7H2,1H3,(H,14,15,16). The predicted octanol–water partition coefficient (Wildman–Crippen LogP) is 2.52. The smallest absolute Gasteiger partial charge is 0.237 e. The van der Waals surface area contributed by atoms with Gasteiger partial charge in [-0.15, -0.1) is 5.10 Å². The van der Waals surface area contributed by atoms with Gasteiger partial charge in [0.05, 0.1) is 5.75 Å². The fourth-order valence-corrected chi connectivity index (χ4v) is 3.10. The molecule has 0 unspecified atom stereocenters. The molecule has 0 amide bonds. The van der Waals surface area contributed by atoms with Crippen molar-refractivity contribution in [3.63, 3.8) is 0 Å². The molecule has 7 heteroatoms. The van der Waals surface area contributed by atoms with E-state index < -0.39 is 0 Å². The highest BCUT2D eigenvalue weighted by molar-refractivity contribution is 7.98. The van der Waals surface area contributed by atoms with Crippen LogP contribution in [0.15, 0.2) is 9.68 Å². The molecule has 0 radical (unpaired) electrons. The monoisotopic (exact) mass is 279 g/mol. The van der Waals surface area contributed by atoms with E-state index in [2.05, 4.69) is 25.3 Å². The summed E-state index contributed by atoms with van der Waals surface area (Å²) >= 11 is 1.52. The third-order valence-electron chi connectivity index (χ3n) is 3.36. The zero-order valence-corrected chi connectivity index (χ0v) is 11.7. The fourth-order valence-electron chi connectivity index (χ4n) is 2.45. The quantitative estimate of drug-likeness (QED) is 0.847. The van der Waals surface area contributed by atoms with E-state index in [1.807, 2.05) is 6.92 Å². The third-order valence-corrected chi connectivity index (χ3v) is 4.19. The van der Waals surface area contributed by atoms with Crippen molar-refractivity contribution in [1.29, 1.82) is 0 Å². The number of thioether (sulfide) groups is 1. The highest BCUT2D eigenvalue weighted by atomic mass is 32.2. The predicted molar refractivity (Wildman–Crippen MR) is 70.6 cm³/mol. The summed E-state index contributed by atoms with van der Waals surface area (Å²) in [6, 6.07) is 0. The Kier molecular flexibility index (Phi) is 3.82. The molecular weight excluding hydrogens is 262 g/mol. The van der Waals surface area contributed by atoms with Crippen molar-refractivity contribution in [2.24, 2.45) is 5.92 Å². The van der Waals surface area contributed by atoms with Gasteiger partial charge < -0.3 is 4.52 Å². The molecule has 0 spiro atoms. The van der Waals surface area contributed by atoms with Crippen molar-refractivity contribution in [2.75, 3.05) is 0 Å². The van der Waals surface area contributed by atoms with E-state index in [9.17, 15) is 0 Å². The fraction of sp³-hybridized carbons (Fsp3) is 0.667. The third kappa shape index (κ3) is 3.34. The SMILES string of the molecule is Cc1noc(CSc2n[nH]c(CC3CCCC3)n2)n1. The first kappa shape index (κ1) is 12.7. The number of aromatic nitrogens is 5. The second-order valence-corrected chi connectivity index (χ2v) is 5.89. The molecule has 0 saturated heterocycles. The zero-order chi connectivity index (χ0) is 13.1. The molecule has 2 heterocycles. The Balaban J connectivity index is 1.52. The summed E-state index contributed by atoms with van der Waals surface area (Å²) in [6.07, 6.45) is 6.38. The molecule has 0 aromatic carbocycles. The van der Waals surface area contributed by atoms with E-state index >= 15 is 0 Å². The minimum Gasteiger partial charge on any atom is -0.338 e. The van der Waals surface area contributed by atoms with Crippen LogP contribution in [0.25, 0.3) is 0 Å². The van der Waals surface area contributed by atoms with E-state index in [-0.39, 0.29) is 0 Å². The molecule has 102 valence electrons. The summed E-state index contributed by atoms with van der Waals surface area (Å²) in [4.78, 5) is 8.65. The van der Waals surface area contributed by atoms with Gasteiger partial charge in [0.2, 0.25) is 11.0 Å². The van der Waals surface area contributed by atoms with Crippen LogP contribution in [0.2, 0.25) is 0 Å². The van der Waals surface area contributed by atoms with Crippen LogP contribution in [-0.2, 0) is 12.2 Å². The minimum atomic E-state index is 0.613. The molecule has 1 aliphatic carbocycles. The summed E-state index contributed by atoms with van der Waals surface area (Å²) in [5.74, 6) is 3.67. The van der Waals surface area contributed by atoms with Gasteiger partial charge in [0.15, 0.2) is 5.82 Å². The zero-order valence-electron chi connectivity index (χ0n) is 10.9. The van der Waals surface area contributed by atoms with Gasteiger partial charge in [-0.1, -0.05) is 42.6 Å². The highest BCUT2D eigenvalue weighted by Gasteiger charge is 2.17. The van der Waals surface area contributed by atoms with Gasteiger partial charge in [-0.3, -0.25) is 5.10 Å². The average Bonchev–Trinajstić information content (AvgIpc) is 3.10. The Morgan fingerprint density at radius 3 is 2.89 bits per heavy atom. The lowest BCUT2D eigenvalue weighted by Gasteiger charge is -2.03. The number of aromatic amines is 1. The number of nitrogens with zero attached hydrogens (tertiary/aromatic N) is 4. The number of rotatable bonds is 5. The maximum Gasteiger partial charge on any atom is 0.237 e. The molecule has 1 fully saturated rings. The second-order valence-electron chi connectivity index (χ2n) is 4.94. The normalized spacial score (nSPS) is 16.3. The van der Waals surface area contributed by atoms with Gasteiger partial charge in [0.1, 0.15) is 5.82 Å². The molecule has 3 rings (SSSR count). The van der Waals surface area contributed by atoms with Gasteiger partial charge in [-0.2, -0.15) is 4.98 Å². The maximum absolute atomic E-state index is 5.05. The molecule has 6 nitrogen and oxygen atoms in total. The van der Waals surface area contributed by atoms with E-state index in [0.717, 1.165) is 23.3 Å². The lowest BCUT2D eigenvalue weighted by molar-refractivity contribution is 0.387. The van der Waals surface area contributed by atoms with Crippen LogP contribution < -0.4 is 0 Å². The first-order valence-electron chi connectivity index (χ1n) is 6.63. The van der Waals surface area contributed by atoms with Gasteiger partial charge in [0, 0.05) is 6.42 Å². The summed E-state index contributed by atoms with van der Waals surface area (Å²) in [5.41, 5.74) is 0. The number of hydrogen-bond donors (Lipinski definition) is 1. The molecule has 0 atom stereocenters. The first-order valence-corrected chi connectivity index (χ1v) is 7.61. The van der Waals surface area contributed by atoms with Crippen LogP contribution in [0.1, 0.15) is 43.2 Å². The van der Waals surface area contributed by atoms with Crippen LogP contribution >= 0.6 is 11.8 Å². The van der Waals surface area contributed by atoms with Crippen LogP contribution in [0, 0.1) is 12.8 Å². The van der Waals surface area contributed by atoms with E-state index in [1.54, 1.807) is 0 Å². The van der Waals surface area contributed by atoms with E-state index in [4.69, 9.17) is 4.52 Å². The molecular formula is C12H17N5OS. The Labute approximate surface area is 115 Å². The molecule has 0 bridgehead atoms. The molecule has 2 aromatic heterocycles. The Morgan fingerprint density at radius 2 is 2.16 bits per heavy atom. The summed E-state index contributed by atoms with van der Waals surface area (Å²) in [7, 11) is 0. The molecule has 1 saturated carbocycles. The van der Waals surface area contributed by atoms with Crippen molar-refractivity contribution < 1.29 is 4.52 Å². The van der Waals surface area contributed by atoms with Gasteiger partial charge in [-0.05, 0) is 12.8 Å². The molecule has 1 aliphatic rings. The summed E-state index contributed by atoms with van der Waals surface area (Å²) in [6.45, 7) is 1.81. The Morgan fingerprint density at radius 1 is 1.32 bits per heavy atom. The van der Waals surface area contributed by atoms with Crippen molar-refractivity contribution in [1.82, 2.24) is 25.3 Å². The highest BCUT2D eigenvalue weighted by Crippen LogP contribution is 2.27. The first-order chi connectivity index (χ1) is 9.29.